The number of aryl methyl sites for hydroxylation is 1. The van der Waals surface area contributed by atoms with Crippen molar-refractivity contribution in [2.45, 2.75) is 25.1 Å². The van der Waals surface area contributed by atoms with Crippen molar-refractivity contribution in [3.8, 4) is 0 Å². The molecule has 94 valence electrons. The molecule has 0 aromatic carbocycles. The highest BCUT2D eigenvalue weighted by Gasteiger charge is 2.19. The first kappa shape index (κ1) is 14.0. The van der Waals surface area contributed by atoms with Crippen LogP contribution in [-0.2, 0) is 0 Å². The van der Waals surface area contributed by atoms with Crippen molar-refractivity contribution in [3.63, 3.8) is 0 Å². The van der Waals surface area contributed by atoms with Gasteiger partial charge in [-0.25, -0.2) is 0 Å². The van der Waals surface area contributed by atoms with Crippen LogP contribution < -0.4 is 5.32 Å². The molecule has 0 radical (unpaired) electrons. The number of aliphatic hydroxyl groups is 1. The smallest absolute Gasteiger partial charge is 0.270 e. The number of hydrogen-bond donors (Lipinski definition) is 2. The van der Waals surface area contributed by atoms with E-state index < -0.39 is 0 Å². The van der Waals surface area contributed by atoms with Gasteiger partial charge >= 0.3 is 0 Å². The van der Waals surface area contributed by atoms with Crippen molar-refractivity contribution in [3.05, 3.63) is 29.6 Å². The van der Waals surface area contributed by atoms with Crippen LogP contribution in [0.3, 0.4) is 0 Å². The lowest BCUT2D eigenvalue weighted by Crippen LogP contribution is -2.41. The van der Waals surface area contributed by atoms with E-state index in [9.17, 15) is 4.79 Å². The summed E-state index contributed by atoms with van der Waals surface area (Å²) in [6, 6.07) is 3.56. The van der Waals surface area contributed by atoms with Gasteiger partial charge in [-0.05, 0) is 31.7 Å². The molecule has 0 saturated carbocycles. The van der Waals surface area contributed by atoms with E-state index >= 15 is 0 Å². The zero-order chi connectivity index (χ0) is 12.8. The predicted octanol–water partition coefficient (Wildman–Crippen LogP) is 1.23. The van der Waals surface area contributed by atoms with Gasteiger partial charge in [0.15, 0.2) is 0 Å². The Kier molecular flexibility index (Phi) is 5.44. The van der Waals surface area contributed by atoms with Gasteiger partial charge in [-0.15, -0.1) is 0 Å². The Labute approximate surface area is 106 Å². The minimum Gasteiger partial charge on any atom is -0.395 e. The molecule has 1 aromatic heterocycles. The first-order chi connectivity index (χ1) is 8.10. The van der Waals surface area contributed by atoms with Crippen molar-refractivity contribution in [1.82, 2.24) is 10.3 Å². The Morgan fingerprint density at radius 3 is 2.88 bits per heavy atom. The van der Waals surface area contributed by atoms with Crippen LogP contribution in [-0.4, -0.2) is 40.2 Å². The molecule has 4 nitrogen and oxygen atoms in total. The van der Waals surface area contributed by atoms with Gasteiger partial charge in [-0.1, -0.05) is 6.07 Å². The maximum absolute atomic E-state index is 11.9. The summed E-state index contributed by atoms with van der Waals surface area (Å²) in [6.45, 7) is 3.78. The first-order valence-electron chi connectivity index (χ1n) is 5.46. The summed E-state index contributed by atoms with van der Waals surface area (Å²) < 4.78 is 0. The Bertz CT molecular complexity index is 381. The van der Waals surface area contributed by atoms with Crippen molar-refractivity contribution < 1.29 is 9.90 Å². The molecule has 2 unspecified atom stereocenters. The van der Waals surface area contributed by atoms with Crippen LogP contribution in [0, 0.1) is 6.92 Å². The summed E-state index contributed by atoms with van der Waals surface area (Å²) in [5, 5.41) is 12.0. The van der Waals surface area contributed by atoms with Crippen molar-refractivity contribution in [1.29, 1.82) is 0 Å². The van der Waals surface area contributed by atoms with Crippen molar-refractivity contribution in [2.75, 3.05) is 12.9 Å². The summed E-state index contributed by atoms with van der Waals surface area (Å²) in [5.74, 6) is -0.192. The highest BCUT2D eigenvalue weighted by Crippen LogP contribution is 2.11. The number of nitrogens with one attached hydrogen (secondary N) is 1. The Hall–Kier alpha value is -1.07. The third-order valence-corrected chi connectivity index (χ3v) is 3.79. The van der Waals surface area contributed by atoms with E-state index in [0.29, 0.717) is 5.69 Å². The maximum atomic E-state index is 11.9. The SMILES string of the molecule is CSC(CO)C(C)NC(=O)c1ncccc1C. The molecule has 1 rings (SSSR count). The largest absolute Gasteiger partial charge is 0.395 e. The monoisotopic (exact) mass is 254 g/mol. The molecule has 0 spiro atoms. The van der Waals surface area contributed by atoms with E-state index in [4.69, 9.17) is 5.11 Å². The fraction of sp³-hybridized carbons (Fsp3) is 0.500. The van der Waals surface area contributed by atoms with E-state index in [-0.39, 0.29) is 23.8 Å². The number of pyridine rings is 1. The number of thioether (sulfide) groups is 1. The molecule has 0 fully saturated rings. The van der Waals surface area contributed by atoms with Crippen molar-refractivity contribution in [2.24, 2.45) is 0 Å². The van der Waals surface area contributed by atoms with E-state index in [1.165, 1.54) is 11.8 Å². The van der Waals surface area contributed by atoms with Crippen LogP contribution in [0.1, 0.15) is 23.0 Å². The number of hydrogen-bond acceptors (Lipinski definition) is 4. The lowest BCUT2D eigenvalue weighted by molar-refractivity contribution is 0.0930. The third-order valence-electron chi connectivity index (χ3n) is 2.62. The molecule has 1 aromatic rings. The topological polar surface area (TPSA) is 62.2 Å². The predicted molar refractivity (Wildman–Crippen MR) is 70.3 cm³/mol. The van der Waals surface area contributed by atoms with Gasteiger partial charge in [0.2, 0.25) is 0 Å². The zero-order valence-corrected chi connectivity index (χ0v) is 11.1. The average Bonchev–Trinajstić information content (AvgIpc) is 2.31. The Balaban J connectivity index is 2.70. The Morgan fingerprint density at radius 2 is 2.35 bits per heavy atom. The van der Waals surface area contributed by atoms with Crippen molar-refractivity contribution >= 4 is 17.7 Å². The van der Waals surface area contributed by atoms with Crippen LogP contribution in [0.2, 0.25) is 0 Å². The van der Waals surface area contributed by atoms with E-state index in [1.807, 2.05) is 26.2 Å². The van der Waals surface area contributed by atoms with Crippen LogP contribution in [0.4, 0.5) is 0 Å². The fourth-order valence-corrected chi connectivity index (χ4v) is 2.15. The molecule has 17 heavy (non-hydrogen) atoms. The highest BCUT2D eigenvalue weighted by molar-refractivity contribution is 7.99. The summed E-state index contributed by atoms with van der Waals surface area (Å²) in [5.41, 5.74) is 1.29. The standard InChI is InChI=1S/C12H18N2O2S/c1-8-5-4-6-13-11(8)12(16)14-9(2)10(7-15)17-3/h4-6,9-10,15H,7H2,1-3H3,(H,14,16). The second-order valence-corrected chi connectivity index (χ2v) is 4.96. The molecule has 0 saturated heterocycles. The third kappa shape index (κ3) is 3.71. The summed E-state index contributed by atoms with van der Waals surface area (Å²) in [6.07, 6.45) is 3.51. The van der Waals surface area contributed by atoms with Gasteiger partial charge in [0.05, 0.1) is 6.61 Å². The van der Waals surface area contributed by atoms with Crippen LogP contribution in [0.25, 0.3) is 0 Å². The van der Waals surface area contributed by atoms with Gasteiger partial charge in [-0.3, -0.25) is 9.78 Å². The summed E-state index contributed by atoms with van der Waals surface area (Å²) >= 11 is 1.53. The number of aliphatic hydroxyl groups excluding tert-OH is 1. The molecule has 0 aliphatic heterocycles. The second-order valence-electron chi connectivity index (χ2n) is 3.89. The van der Waals surface area contributed by atoms with E-state index in [0.717, 1.165) is 5.56 Å². The molecule has 2 atom stereocenters. The number of nitrogens with zero attached hydrogens (tertiary/aromatic N) is 1. The lowest BCUT2D eigenvalue weighted by atomic mass is 10.2. The molecule has 0 bridgehead atoms. The van der Waals surface area contributed by atoms with Gasteiger partial charge in [0.25, 0.3) is 5.91 Å². The summed E-state index contributed by atoms with van der Waals surface area (Å²) in [7, 11) is 0. The quantitative estimate of drug-likeness (QED) is 0.829. The molecule has 1 amide bonds. The number of aromatic nitrogens is 1. The normalized spacial score (nSPS) is 14.1. The van der Waals surface area contributed by atoms with Crippen LogP contribution in [0.15, 0.2) is 18.3 Å². The average molecular weight is 254 g/mol. The molecule has 0 aliphatic carbocycles. The first-order valence-corrected chi connectivity index (χ1v) is 6.75. The molecular weight excluding hydrogens is 236 g/mol. The number of rotatable bonds is 5. The minimum atomic E-state index is -0.192. The fourth-order valence-electron chi connectivity index (χ4n) is 1.53. The number of carbonyl (C=O) groups excluding carboxylic acids is 1. The molecule has 2 N–H and O–H groups in total. The van der Waals surface area contributed by atoms with Crippen LogP contribution >= 0.6 is 11.8 Å². The second kappa shape index (κ2) is 6.61. The van der Waals surface area contributed by atoms with Gasteiger partial charge in [0.1, 0.15) is 5.69 Å². The van der Waals surface area contributed by atoms with Gasteiger partial charge in [-0.2, -0.15) is 11.8 Å². The number of carbonyl (C=O) groups is 1. The molecule has 5 heteroatoms. The van der Waals surface area contributed by atoms with E-state index in [2.05, 4.69) is 10.3 Å². The van der Waals surface area contributed by atoms with Gasteiger partial charge < -0.3 is 10.4 Å². The Morgan fingerprint density at radius 1 is 1.65 bits per heavy atom. The highest BCUT2D eigenvalue weighted by atomic mass is 32.2. The summed E-state index contributed by atoms with van der Waals surface area (Å²) in [4.78, 5) is 16.0. The zero-order valence-electron chi connectivity index (χ0n) is 10.3. The molecular formula is C12H18N2O2S. The maximum Gasteiger partial charge on any atom is 0.270 e. The number of amides is 1. The van der Waals surface area contributed by atoms with Crippen LogP contribution in [0.5, 0.6) is 0 Å². The van der Waals surface area contributed by atoms with Gasteiger partial charge in [0, 0.05) is 17.5 Å². The molecule has 0 aliphatic rings. The van der Waals surface area contributed by atoms with E-state index in [1.54, 1.807) is 12.3 Å². The molecule has 1 heterocycles. The minimum absolute atomic E-state index is 0.00275. The lowest BCUT2D eigenvalue weighted by Gasteiger charge is -2.21.